The number of anilines is 1. The van der Waals surface area contributed by atoms with E-state index < -0.39 is 5.91 Å². The molecule has 0 saturated heterocycles. The second-order valence-electron chi connectivity index (χ2n) is 7.16. The van der Waals surface area contributed by atoms with Gasteiger partial charge in [-0.2, -0.15) is 0 Å². The van der Waals surface area contributed by atoms with E-state index in [0.29, 0.717) is 5.56 Å². The van der Waals surface area contributed by atoms with E-state index >= 15 is 0 Å². The molecule has 0 spiro atoms. The lowest BCUT2D eigenvalue weighted by Crippen LogP contribution is -2.38. The van der Waals surface area contributed by atoms with Gasteiger partial charge in [-0.25, -0.2) is 10.5 Å². The molecule has 1 aliphatic carbocycles. The van der Waals surface area contributed by atoms with Gasteiger partial charge >= 0.3 is 0 Å². The van der Waals surface area contributed by atoms with Gasteiger partial charge in [0.05, 0.1) is 11.1 Å². The van der Waals surface area contributed by atoms with Gasteiger partial charge in [0.2, 0.25) is 0 Å². The van der Waals surface area contributed by atoms with E-state index in [1.807, 2.05) is 6.92 Å². The number of nitrogens with one attached hydrogen (secondary N) is 2. The summed E-state index contributed by atoms with van der Waals surface area (Å²) < 4.78 is 0. The Hall–Kier alpha value is -2.40. The molecule has 0 atom stereocenters. The monoisotopic (exact) mass is 353 g/mol. The molecule has 26 heavy (non-hydrogen) atoms. The Morgan fingerprint density at radius 3 is 2.65 bits per heavy atom. The number of rotatable bonds is 5. The Bertz CT molecular complexity index is 783. The molecule has 1 aliphatic rings. The third kappa shape index (κ3) is 3.73. The summed E-state index contributed by atoms with van der Waals surface area (Å²) in [5.74, 6) is 0.287. The molecule has 5 nitrogen and oxygen atoms in total. The SMILES string of the molecule is CCc1cc(C(=O)NO)cnc1NC1(c2cccc(C)c2)CCCCC1. The van der Waals surface area contributed by atoms with Gasteiger partial charge < -0.3 is 5.32 Å². The van der Waals surface area contributed by atoms with Crippen LogP contribution >= 0.6 is 0 Å². The van der Waals surface area contributed by atoms with Crippen molar-refractivity contribution in [3.63, 3.8) is 0 Å². The minimum absolute atomic E-state index is 0.123. The molecule has 1 saturated carbocycles. The van der Waals surface area contributed by atoms with Crippen molar-refractivity contribution >= 4 is 11.7 Å². The van der Waals surface area contributed by atoms with Crippen molar-refractivity contribution in [3.05, 3.63) is 58.8 Å². The van der Waals surface area contributed by atoms with Crippen molar-refractivity contribution in [1.82, 2.24) is 10.5 Å². The number of carbonyl (C=O) groups is 1. The van der Waals surface area contributed by atoms with Crippen LogP contribution in [0.25, 0.3) is 0 Å². The first kappa shape index (κ1) is 18.4. The van der Waals surface area contributed by atoms with E-state index in [0.717, 1.165) is 30.6 Å². The molecule has 2 aromatic rings. The fourth-order valence-corrected chi connectivity index (χ4v) is 3.89. The second-order valence-corrected chi connectivity index (χ2v) is 7.16. The van der Waals surface area contributed by atoms with Gasteiger partial charge in [0, 0.05) is 6.20 Å². The van der Waals surface area contributed by atoms with Crippen LogP contribution in [-0.2, 0) is 12.0 Å². The van der Waals surface area contributed by atoms with Crippen molar-refractivity contribution in [3.8, 4) is 0 Å². The highest BCUT2D eigenvalue weighted by atomic mass is 16.5. The summed E-state index contributed by atoms with van der Waals surface area (Å²) in [4.78, 5) is 16.2. The topological polar surface area (TPSA) is 74.2 Å². The number of amides is 1. The Morgan fingerprint density at radius 2 is 2.00 bits per heavy atom. The quantitative estimate of drug-likeness (QED) is 0.552. The highest BCUT2D eigenvalue weighted by Crippen LogP contribution is 2.40. The van der Waals surface area contributed by atoms with Crippen LogP contribution in [0.5, 0.6) is 0 Å². The van der Waals surface area contributed by atoms with Crippen molar-refractivity contribution in [2.45, 2.75) is 57.9 Å². The van der Waals surface area contributed by atoms with E-state index in [4.69, 9.17) is 5.21 Å². The molecule has 1 heterocycles. The Kier molecular flexibility index (Phi) is 5.57. The highest BCUT2D eigenvalue weighted by Gasteiger charge is 2.34. The van der Waals surface area contributed by atoms with Crippen LogP contribution in [0, 0.1) is 6.92 Å². The molecule has 1 amide bonds. The van der Waals surface area contributed by atoms with Crippen LogP contribution in [-0.4, -0.2) is 16.1 Å². The molecular formula is C21H27N3O2. The number of benzene rings is 1. The smallest absolute Gasteiger partial charge is 0.276 e. The molecule has 1 fully saturated rings. The fraction of sp³-hybridized carbons (Fsp3) is 0.429. The van der Waals surface area contributed by atoms with Crippen LogP contribution in [0.3, 0.4) is 0 Å². The molecule has 3 N–H and O–H groups in total. The minimum Gasteiger partial charge on any atom is -0.360 e. The van der Waals surface area contributed by atoms with Gasteiger partial charge in [-0.3, -0.25) is 10.0 Å². The Morgan fingerprint density at radius 1 is 1.23 bits per heavy atom. The number of nitrogens with zero attached hydrogens (tertiary/aromatic N) is 1. The molecular weight excluding hydrogens is 326 g/mol. The molecule has 5 heteroatoms. The van der Waals surface area contributed by atoms with E-state index in [1.165, 1.54) is 36.6 Å². The number of aryl methyl sites for hydroxylation is 2. The molecule has 0 bridgehead atoms. The average molecular weight is 353 g/mol. The lowest BCUT2D eigenvalue weighted by Gasteiger charge is -2.40. The van der Waals surface area contributed by atoms with Crippen molar-refractivity contribution in [1.29, 1.82) is 0 Å². The van der Waals surface area contributed by atoms with E-state index in [1.54, 1.807) is 11.5 Å². The summed E-state index contributed by atoms with van der Waals surface area (Å²) in [6.07, 6.45) is 8.05. The zero-order valence-electron chi connectivity index (χ0n) is 15.5. The van der Waals surface area contributed by atoms with Gasteiger partial charge in [-0.15, -0.1) is 0 Å². The Balaban J connectivity index is 1.98. The van der Waals surface area contributed by atoms with Crippen LogP contribution in [0.1, 0.15) is 66.1 Å². The number of hydrogen-bond acceptors (Lipinski definition) is 4. The first-order chi connectivity index (χ1) is 12.6. The molecule has 0 unspecified atom stereocenters. The minimum atomic E-state index is -0.537. The lowest BCUT2D eigenvalue weighted by molar-refractivity contribution is 0.0706. The molecule has 138 valence electrons. The molecule has 0 radical (unpaired) electrons. The van der Waals surface area contributed by atoms with Gasteiger partial charge in [0.25, 0.3) is 5.91 Å². The standard InChI is InChI=1S/C21H27N3O2/c1-3-16-13-17(20(25)24-26)14-22-19(16)23-21(10-5-4-6-11-21)18-9-7-8-15(2)12-18/h7-9,12-14,26H,3-6,10-11H2,1-2H3,(H,22,23)(H,24,25). The number of hydrogen-bond donors (Lipinski definition) is 3. The van der Waals surface area contributed by atoms with Crippen LogP contribution < -0.4 is 10.8 Å². The summed E-state index contributed by atoms with van der Waals surface area (Å²) in [7, 11) is 0. The molecule has 3 rings (SSSR count). The van der Waals surface area contributed by atoms with Crippen LogP contribution in [0.15, 0.2) is 36.5 Å². The summed E-state index contributed by atoms with van der Waals surface area (Å²) in [5.41, 5.74) is 5.45. The van der Waals surface area contributed by atoms with Crippen molar-refractivity contribution < 1.29 is 10.0 Å². The Labute approximate surface area is 154 Å². The van der Waals surface area contributed by atoms with Crippen molar-refractivity contribution in [2.75, 3.05) is 5.32 Å². The van der Waals surface area contributed by atoms with E-state index in [9.17, 15) is 4.79 Å². The van der Waals surface area contributed by atoms with Crippen LogP contribution in [0.4, 0.5) is 5.82 Å². The average Bonchev–Trinajstić information content (AvgIpc) is 2.68. The van der Waals surface area contributed by atoms with E-state index in [2.05, 4.69) is 41.5 Å². The first-order valence-electron chi connectivity index (χ1n) is 9.36. The number of pyridine rings is 1. The van der Waals surface area contributed by atoms with Crippen molar-refractivity contribution in [2.24, 2.45) is 0 Å². The van der Waals surface area contributed by atoms with E-state index in [-0.39, 0.29) is 5.54 Å². The zero-order chi connectivity index (χ0) is 18.6. The molecule has 1 aromatic heterocycles. The summed E-state index contributed by atoms with van der Waals surface area (Å²) >= 11 is 0. The predicted molar refractivity (Wildman–Crippen MR) is 102 cm³/mol. The van der Waals surface area contributed by atoms with Crippen LogP contribution in [0.2, 0.25) is 0 Å². The maximum Gasteiger partial charge on any atom is 0.276 e. The lowest BCUT2D eigenvalue weighted by atomic mass is 9.76. The normalized spacial score (nSPS) is 16.1. The largest absolute Gasteiger partial charge is 0.360 e. The summed E-state index contributed by atoms with van der Waals surface area (Å²) in [6, 6.07) is 10.5. The number of carbonyl (C=O) groups excluding carboxylic acids is 1. The predicted octanol–water partition coefficient (Wildman–Crippen LogP) is 4.34. The second kappa shape index (κ2) is 7.87. The maximum absolute atomic E-state index is 11.7. The third-order valence-electron chi connectivity index (χ3n) is 5.35. The van der Waals surface area contributed by atoms with Gasteiger partial charge in [-0.1, -0.05) is 56.0 Å². The highest BCUT2D eigenvalue weighted by molar-refractivity contribution is 5.93. The maximum atomic E-state index is 11.7. The zero-order valence-corrected chi connectivity index (χ0v) is 15.5. The third-order valence-corrected chi connectivity index (χ3v) is 5.35. The van der Waals surface area contributed by atoms with Gasteiger partial charge in [0.15, 0.2) is 0 Å². The number of hydroxylamine groups is 1. The molecule has 1 aromatic carbocycles. The number of aromatic nitrogens is 1. The molecule has 0 aliphatic heterocycles. The summed E-state index contributed by atoms with van der Waals surface area (Å²) in [5, 5.41) is 12.6. The first-order valence-corrected chi connectivity index (χ1v) is 9.36. The van der Waals surface area contributed by atoms with Gasteiger partial charge in [-0.05, 0) is 43.4 Å². The fourth-order valence-electron chi connectivity index (χ4n) is 3.89. The summed E-state index contributed by atoms with van der Waals surface area (Å²) in [6.45, 7) is 4.17. The van der Waals surface area contributed by atoms with Gasteiger partial charge in [0.1, 0.15) is 5.82 Å².